The molecular weight excluding hydrogens is 427 g/mol. The van der Waals surface area contributed by atoms with Crippen LogP contribution >= 0.6 is 0 Å². The maximum absolute atomic E-state index is 13.7. The van der Waals surface area contributed by atoms with Gasteiger partial charge in [-0.2, -0.15) is 0 Å². The van der Waals surface area contributed by atoms with E-state index < -0.39 is 15.8 Å². The zero-order valence-electron chi connectivity index (χ0n) is 18.0. The monoisotopic (exact) mass is 454 g/mol. The zero-order chi connectivity index (χ0) is 22.7. The van der Waals surface area contributed by atoms with Gasteiger partial charge in [-0.3, -0.25) is 9.21 Å². The molecule has 0 amide bonds. The topological polar surface area (TPSA) is 60.9 Å². The molecule has 0 aromatic heterocycles. The highest BCUT2D eigenvalue weighted by atomic mass is 32.2. The van der Waals surface area contributed by atoms with Crippen LogP contribution in [0.15, 0.2) is 77.7 Å². The maximum Gasteiger partial charge on any atom is 0.264 e. The molecule has 1 saturated heterocycles. The predicted molar refractivity (Wildman–Crippen MR) is 124 cm³/mol. The molecule has 0 saturated carbocycles. The van der Waals surface area contributed by atoms with Crippen molar-refractivity contribution in [3.8, 4) is 5.75 Å². The van der Waals surface area contributed by atoms with E-state index in [4.69, 9.17) is 0 Å². The molecule has 32 heavy (non-hydrogen) atoms. The van der Waals surface area contributed by atoms with Crippen molar-refractivity contribution in [2.24, 2.45) is 0 Å². The number of phenols is 1. The first-order chi connectivity index (χ1) is 15.3. The van der Waals surface area contributed by atoms with E-state index in [9.17, 15) is 17.9 Å². The summed E-state index contributed by atoms with van der Waals surface area (Å²) in [6.07, 6.45) is 1.31. The van der Waals surface area contributed by atoms with E-state index in [0.717, 1.165) is 18.7 Å². The van der Waals surface area contributed by atoms with Crippen LogP contribution in [-0.2, 0) is 16.6 Å². The lowest BCUT2D eigenvalue weighted by Gasteiger charge is -2.39. The van der Waals surface area contributed by atoms with E-state index >= 15 is 0 Å². The predicted octanol–water partition coefficient (Wildman–Crippen LogP) is 4.70. The number of likely N-dealkylation sites (tertiary alicyclic amines) is 1. The van der Waals surface area contributed by atoms with Gasteiger partial charge in [0.05, 0.1) is 10.6 Å². The van der Waals surface area contributed by atoms with Gasteiger partial charge in [0.25, 0.3) is 10.0 Å². The number of anilines is 1. The van der Waals surface area contributed by atoms with E-state index in [2.05, 4.69) is 4.90 Å². The van der Waals surface area contributed by atoms with Gasteiger partial charge >= 0.3 is 0 Å². The van der Waals surface area contributed by atoms with Gasteiger partial charge < -0.3 is 5.11 Å². The Kier molecular flexibility index (Phi) is 6.48. The summed E-state index contributed by atoms with van der Waals surface area (Å²) in [6.45, 7) is 3.93. The van der Waals surface area contributed by atoms with Gasteiger partial charge in [0.2, 0.25) is 0 Å². The minimum absolute atomic E-state index is 0.231. The molecule has 5 nitrogen and oxygen atoms in total. The highest BCUT2D eigenvalue weighted by molar-refractivity contribution is 7.93. The van der Waals surface area contributed by atoms with Crippen LogP contribution in [0.5, 0.6) is 5.75 Å². The van der Waals surface area contributed by atoms with E-state index in [1.165, 1.54) is 28.6 Å². The fourth-order valence-electron chi connectivity index (χ4n) is 4.31. The Labute approximate surface area is 188 Å². The highest BCUT2D eigenvalue weighted by Crippen LogP contribution is 2.32. The van der Waals surface area contributed by atoms with Crippen LogP contribution in [0.3, 0.4) is 0 Å². The number of hydrogen-bond acceptors (Lipinski definition) is 4. The standard InChI is InChI=1S/C25H27FN2O3S/c1-19-5-2-3-8-25(19)32(30,31)28(22-11-9-21(26)10-12-22)23-13-15-27(16-14-23)18-20-6-4-7-24(29)17-20/h2-12,17,23,29H,13-16,18H2,1H3. The fourth-order valence-corrected chi connectivity index (χ4v) is 6.25. The van der Waals surface area contributed by atoms with Crippen molar-refractivity contribution < 1.29 is 17.9 Å². The molecule has 1 N–H and O–H groups in total. The van der Waals surface area contributed by atoms with E-state index in [0.29, 0.717) is 30.6 Å². The molecular formula is C25H27FN2O3S. The molecule has 0 aliphatic carbocycles. The molecule has 0 bridgehead atoms. The van der Waals surface area contributed by atoms with Crippen molar-refractivity contribution in [3.63, 3.8) is 0 Å². The normalized spacial score (nSPS) is 15.6. The molecule has 1 fully saturated rings. The van der Waals surface area contributed by atoms with Crippen molar-refractivity contribution >= 4 is 15.7 Å². The molecule has 1 heterocycles. The molecule has 1 aliphatic rings. The summed E-state index contributed by atoms with van der Waals surface area (Å²) in [7, 11) is -3.82. The lowest BCUT2D eigenvalue weighted by atomic mass is 10.0. The third-order valence-corrected chi connectivity index (χ3v) is 7.96. The lowest BCUT2D eigenvalue weighted by molar-refractivity contribution is 0.206. The van der Waals surface area contributed by atoms with Crippen molar-refractivity contribution in [1.29, 1.82) is 0 Å². The molecule has 0 atom stereocenters. The van der Waals surface area contributed by atoms with Crippen LogP contribution in [-0.4, -0.2) is 37.6 Å². The van der Waals surface area contributed by atoms with Crippen molar-refractivity contribution in [2.75, 3.05) is 17.4 Å². The highest BCUT2D eigenvalue weighted by Gasteiger charge is 2.34. The number of nitrogens with zero attached hydrogens (tertiary/aromatic N) is 2. The van der Waals surface area contributed by atoms with Crippen LogP contribution in [0.25, 0.3) is 0 Å². The second kappa shape index (κ2) is 9.30. The molecule has 3 aromatic carbocycles. The van der Waals surface area contributed by atoms with Gasteiger partial charge in [0.15, 0.2) is 0 Å². The SMILES string of the molecule is Cc1ccccc1S(=O)(=O)N(c1ccc(F)cc1)C1CCN(Cc2cccc(O)c2)CC1. The number of phenolic OH excluding ortho intramolecular Hbond substituents is 1. The Morgan fingerprint density at radius 1 is 1.00 bits per heavy atom. The Morgan fingerprint density at radius 3 is 2.34 bits per heavy atom. The molecule has 0 radical (unpaired) electrons. The minimum atomic E-state index is -3.82. The number of aromatic hydroxyl groups is 1. The van der Waals surface area contributed by atoms with Gasteiger partial charge in [0, 0.05) is 25.7 Å². The summed E-state index contributed by atoms with van der Waals surface area (Å²) in [5.74, 6) is -0.160. The van der Waals surface area contributed by atoms with Crippen LogP contribution < -0.4 is 4.31 Å². The van der Waals surface area contributed by atoms with Gasteiger partial charge in [-0.05, 0) is 73.4 Å². The summed E-state index contributed by atoms with van der Waals surface area (Å²) in [5.41, 5.74) is 2.17. The molecule has 7 heteroatoms. The molecule has 168 valence electrons. The summed E-state index contributed by atoms with van der Waals surface area (Å²) in [4.78, 5) is 2.53. The maximum atomic E-state index is 13.7. The average Bonchev–Trinajstić information content (AvgIpc) is 2.77. The average molecular weight is 455 g/mol. The van der Waals surface area contributed by atoms with Crippen molar-refractivity contribution in [1.82, 2.24) is 4.90 Å². The Balaban J connectivity index is 1.59. The van der Waals surface area contributed by atoms with Crippen molar-refractivity contribution in [3.05, 3.63) is 89.7 Å². The van der Waals surface area contributed by atoms with E-state index in [1.54, 1.807) is 37.3 Å². The van der Waals surface area contributed by atoms with Gasteiger partial charge in [-0.25, -0.2) is 12.8 Å². The second-order valence-electron chi connectivity index (χ2n) is 8.22. The lowest BCUT2D eigenvalue weighted by Crippen LogP contribution is -2.47. The summed E-state index contributed by atoms with van der Waals surface area (Å²) >= 11 is 0. The number of halogens is 1. The number of hydrogen-bond donors (Lipinski definition) is 1. The molecule has 1 aliphatic heterocycles. The number of rotatable bonds is 6. The Hall–Kier alpha value is -2.90. The number of sulfonamides is 1. The number of piperidine rings is 1. The molecule has 0 spiro atoms. The van der Waals surface area contributed by atoms with Crippen LogP contribution in [0.2, 0.25) is 0 Å². The third-order valence-electron chi connectivity index (χ3n) is 5.92. The molecule has 4 rings (SSSR count). The second-order valence-corrected chi connectivity index (χ2v) is 10.0. The summed E-state index contributed by atoms with van der Waals surface area (Å²) in [6, 6.07) is 19.6. The molecule has 3 aromatic rings. The Bertz CT molecular complexity index is 1170. The zero-order valence-corrected chi connectivity index (χ0v) is 18.8. The van der Waals surface area contributed by atoms with Crippen molar-refractivity contribution in [2.45, 2.75) is 37.2 Å². The fraction of sp³-hybridized carbons (Fsp3) is 0.280. The summed E-state index contributed by atoms with van der Waals surface area (Å²) < 4.78 is 42.5. The van der Waals surface area contributed by atoms with Gasteiger partial charge in [-0.15, -0.1) is 0 Å². The van der Waals surface area contributed by atoms with Crippen LogP contribution in [0.1, 0.15) is 24.0 Å². The first-order valence-corrected chi connectivity index (χ1v) is 12.1. The van der Waals surface area contributed by atoms with Gasteiger partial charge in [-0.1, -0.05) is 30.3 Å². The largest absolute Gasteiger partial charge is 0.508 e. The van der Waals surface area contributed by atoms with E-state index in [1.807, 2.05) is 18.2 Å². The Morgan fingerprint density at radius 2 is 1.69 bits per heavy atom. The van der Waals surface area contributed by atoms with Gasteiger partial charge in [0.1, 0.15) is 11.6 Å². The smallest absolute Gasteiger partial charge is 0.264 e. The van der Waals surface area contributed by atoms with Crippen LogP contribution in [0, 0.1) is 12.7 Å². The summed E-state index contributed by atoms with van der Waals surface area (Å²) in [5, 5.41) is 9.70. The quantitative estimate of drug-likeness (QED) is 0.587. The van der Waals surface area contributed by atoms with Crippen LogP contribution in [0.4, 0.5) is 10.1 Å². The first-order valence-electron chi connectivity index (χ1n) is 10.7. The number of aryl methyl sites for hydroxylation is 1. The molecule has 0 unspecified atom stereocenters. The first kappa shape index (κ1) is 22.3. The number of benzene rings is 3. The minimum Gasteiger partial charge on any atom is -0.508 e. The third kappa shape index (κ3) is 4.79. The van der Waals surface area contributed by atoms with E-state index in [-0.39, 0.29) is 16.7 Å².